The number of alkyl halides is 1. The second-order valence-corrected chi connectivity index (χ2v) is 4.24. The van der Waals surface area contributed by atoms with Gasteiger partial charge in [-0.2, -0.15) is 0 Å². The number of amides is 1. The van der Waals surface area contributed by atoms with E-state index in [9.17, 15) is 4.79 Å². The minimum Gasteiger partial charge on any atom is -0.326 e. The Hall–Kier alpha value is -1.02. The summed E-state index contributed by atoms with van der Waals surface area (Å²) in [5, 5.41) is 2.83. The van der Waals surface area contributed by atoms with Crippen LogP contribution in [0.2, 0.25) is 0 Å². The highest BCUT2D eigenvalue weighted by Crippen LogP contribution is 2.24. The van der Waals surface area contributed by atoms with Crippen LogP contribution in [0.4, 0.5) is 5.69 Å². The molecule has 2 rings (SSSR count). The molecule has 0 saturated carbocycles. The van der Waals surface area contributed by atoms with Crippen molar-refractivity contribution in [3.63, 3.8) is 0 Å². The molecular formula is C12H14ClNO. The Morgan fingerprint density at radius 3 is 3.00 bits per heavy atom. The smallest absolute Gasteiger partial charge is 0.228 e. The molecule has 1 aromatic carbocycles. The summed E-state index contributed by atoms with van der Waals surface area (Å²) in [5.74, 6) is 0.827. The lowest BCUT2D eigenvalue weighted by Gasteiger charge is -2.03. The lowest BCUT2D eigenvalue weighted by atomic mass is 10.0. The quantitative estimate of drug-likeness (QED) is 0.617. The molecule has 80 valence electrons. The van der Waals surface area contributed by atoms with Crippen LogP contribution in [0, 0.1) is 0 Å². The number of hydrogen-bond donors (Lipinski definition) is 1. The highest BCUT2D eigenvalue weighted by Gasteiger charge is 2.16. The zero-order chi connectivity index (χ0) is 10.7. The van der Waals surface area contributed by atoms with Gasteiger partial charge in [-0.1, -0.05) is 12.1 Å². The maximum atomic E-state index is 11.1. The molecule has 0 radical (unpaired) electrons. The number of hydrogen-bond acceptors (Lipinski definition) is 1. The van der Waals surface area contributed by atoms with Crippen molar-refractivity contribution in [2.45, 2.75) is 25.7 Å². The SMILES string of the molecule is O=C1Cc2cc(CCCCCl)ccc2N1. The molecule has 1 aliphatic heterocycles. The fourth-order valence-corrected chi connectivity index (χ4v) is 2.05. The van der Waals surface area contributed by atoms with E-state index in [1.165, 1.54) is 5.56 Å². The third-order valence-corrected chi connectivity index (χ3v) is 2.91. The molecule has 3 heteroatoms. The van der Waals surface area contributed by atoms with Crippen LogP contribution < -0.4 is 5.32 Å². The van der Waals surface area contributed by atoms with Crippen LogP contribution >= 0.6 is 11.6 Å². The number of carbonyl (C=O) groups is 1. The second-order valence-electron chi connectivity index (χ2n) is 3.86. The highest BCUT2D eigenvalue weighted by atomic mass is 35.5. The molecule has 1 heterocycles. The molecule has 0 saturated heterocycles. The topological polar surface area (TPSA) is 29.1 Å². The average molecular weight is 224 g/mol. The van der Waals surface area contributed by atoms with Crippen molar-refractivity contribution in [3.8, 4) is 0 Å². The Balaban J connectivity index is 2.03. The summed E-state index contributed by atoms with van der Waals surface area (Å²) in [6.07, 6.45) is 3.74. The van der Waals surface area contributed by atoms with E-state index in [0.29, 0.717) is 6.42 Å². The molecule has 15 heavy (non-hydrogen) atoms. The van der Waals surface area contributed by atoms with Gasteiger partial charge in [-0.15, -0.1) is 11.6 Å². The van der Waals surface area contributed by atoms with Crippen molar-refractivity contribution in [1.29, 1.82) is 0 Å². The van der Waals surface area contributed by atoms with E-state index in [2.05, 4.69) is 17.4 Å². The van der Waals surface area contributed by atoms with Crippen molar-refractivity contribution in [3.05, 3.63) is 29.3 Å². The number of rotatable bonds is 4. The van der Waals surface area contributed by atoms with Gasteiger partial charge in [0.2, 0.25) is 5.91 Å². The van der Waals surface area contributed by atoms with E-state index in [0.717, 1.165) is 36.4 Å². The maximum Gasteiger partial charge on any atom is 0.228 e. The van der Waals surface area contributed by atoms with E-state index in [-0.39, 0.29) is 5.91 Å². The molecular weight excluding hydrogens is 210 g/mol. The predicted molar refractivity (Wildman–Crippen MR) is 62.4 cm³/mol. The van der Waals surface area contributed by atoms with Crippen molar-refractivity contribution >= 4 is 23.2 Å². The fourth-order valence-electron chi connectivity index (χ4n) is 1.86. The number of aryl methyl sites for hydroxylation is 1. The summed E-state index contributed by atoms with van der Waals surface area (Å²) >= 11 is 5.63. The zero-order valence-electron chi connectivity index (χ0n) is 8.55. The first-order valence-electron chi connectivity index (χ1n) is 5.27. The Morgan fingerprint density at radius 1 is 1.33 bits per heavy atom. The molecule has 0 spiro atoms. The van der Waals surface area contributed by atoms with Gasteiger partial charge in [0, 0.05) is 11.6 Å². The van der Waals surface area contributed by atoms with E-state index in [1.807, 2.05) is 6.07 Å². The first kappa shape index (κ1) is 10.5. The molecule has 1 aliphatic rings. The van der Waals surface area contributed by atoms with Gasteiger partial charge in [0.25, 0.3) is 0 Å². The Morgan fingerprint density at radius 2 is 2.20 bits per heavy atom. The van der Waals surface area contributed by atoms with Gasteiger partial charge in [0.15, 0.2) is 0 Å². The van der Waals surface area contributed by atoms with Gasteiger partial charge in [0.05, 0.1) is 6.42 Å². The van der Waals surface area contributed by atoms with Crippen molar-refractivity contribution in [2.24, 2.45) is 0 Å². The van der Waals surface area contributed by atoms with Crippen molar-refractivity contribution in [2.75, 3.05) is 11.2 Å². The second kappa shape index (κ2) is 4.67. The minimum atomic E-state index is 0.0999. The number of nitrogens with one attached hydrogen (secondary N) is 1. The first-order valence-corrected chi connectivity index (χ1v) is 5.80. The van der Waals surface area contributed by atoms with Gasteiger partial charge in [-0.25, -0.2) is 0 Å². The highest BCUT2D eigenvalue weighted by molar-refractivity contribution is 6.17. The van der Waals surface area contributed by atoms with E-state index in [4.69, 9.17) is 11.6 Å². The van der Waals surface area contributed by atoms with E-state index in [1.54, 1.807) is 0 Å². The van der Waals surface area contributed by atoms with Gasteiger partial charge in [-0.3, -0.25) is 4.79 Å². The predicted octanol–water partition coefficient (Wildman–Crippen LogP) is 2.74. The number of benzene rings is 1. The van der Waals surface area contributed by atoms with Crippen molar-refractivity contribution in [1.82, 2.24) is 0 Å². The zero-order valence-corrected chi connectivity index (χ0v) is 9.31. The van der Waals surface area contributed by atoms with Crippen LogP contribution in [0.15, 0.2) is 18.2 Å². The summed E-state index contributed by atoms with van der Waals surface area (Å²) < 4.78 is 0. The van der Waals surface area contributed by atoms with Gasteiger partial charge < -0.3 is 5.32 Å². The molecule has 1 N–H and O–H groups in total. The fraction of sp³-hybridized carbons (Fsp3) is 0.417. The summed E-state index contributed by atoms with van der Waals surface area (Å²) in [7, 11) is 0. The van der Waals surface area contributed by atoms with E-state index >= 15 is 0 Å². The Labute approximate surface area is 94.6 Å². The third-order valence-electron chi connectivity index (χ3n) is 2.64. The van der Waals surface area contributed by atoms with Gasteiger partial charge >= 0.3 is 0 Å². The molecule has 0 aliphatic carbocycles. The number of carbonyl (C=O) groups excluding carboxylic acids is 1. The molecule has 2 nitrogen and oxygen atoms in total. The van der Waals surface area contributed by atoms with Crippen LogP contribution in [0.25, 0.3) is 0 Å². The number of anilines is 1. The van der Waals surface area contributed by atoms with Crippen LogP contribution in [0.5, 0.6) is 0 Å². The minimum absolute atomic E-state index is 0.0999. The molecule has 0 bridgehead atoms. The summed E-state index contributed by atoms with van der Waals surface area (Å²) in [5.41, 5.74) is 3.40. The normalized spacial score (nSPS) is 13.8. The molecule has 1 aromatic rings. The largest absolute Gasteiger partial charge is 0.326 e. The van der Waals surface area contributed by atoms with Crippen LogP contribution in [-0.2, 0) is 17.6 Å². The lowest BCUT2D eigenvalue weighted by Crippen LogP contribution is -2.03. The number of fused-ring (bicyclic) bond motifs is 1. The van der Waals surface area contributed by atoms with Crippen LogP contribution in [-0.4, -0.2) is 11.8 Å². The lowest BCUT2D eigenvalue weighted by molar-refractivity contribution is -0.115. The Kier molecular flexibility index (Phi) is 3.27. The van der Waals surface area contributed by atoms with Gasteiger partial charge in [0.1, 0.15) is 0 Å². The standard InChI is InChI=1S/C12H14ClNO/c13-6-2-1-3-9-4-5-11-10(7-9)8-12(15)14-11/h4-5,7H,1-3,6,8H2,(H,14,15). The number of halogens is 1. The molecule has 0 fully saturated rings. The monoisotopic (exact) mass is 223 g/mol. The van der Waals surface area contributed by atoms with Crippen LogP contribution in [0.1, 0.15) is 24.0 Å². The molecule has 0 unspecified atom stereocenters. The maximum absolute atomic E-state index is 11.1. The van der Waals surface area contributed by atoms with Gasteiger partial charge in [-0.05, 0) is 36.5 Å². The summed E-state index contributed by atoms with van der Waals surface area (Å²) in [4.78, 5) is 11.1. The number of unbranched alkanes of at least 4 members (excludes halogenated alkanes) is 1. The molecule has 0 aromatic heterocycles. The molecule has 0 atom stereocenters. The van der Waals surface area contributed by atoms with E-state index < -0.39 is 0 Å². The summed E-state index contributed by atoms with van der Waals surface area (Å²) in [6, 6.07) is 6.20. The average Bonchev–Trinajstić information content (AvgIpc) is 2.57. The molecule has 1 amide bonds. The summed E-state index contributed by atoms with van der Waals surface area (Å²) in [6.45, 7) is 0. The first-order chi connectivity index (χ1) is 7.29. The van der Waals surface area contributed by atoms with Crippen molar-refractivity contribution < 1.29 is 4.79 Å². The third kappa shape index (κ3) is 2.51. The Bertz CT molecular complexity index is 376. The van der Waals surface area contributed by atoms with Crippen LogP contribution in [0.3, 0.4) is 0 Å².